The Balaban J connectivity index is 1.65. The van der Waals surface area contributed by atoms with Crippen LogP contribution in [0.5, 0.6) is 11.5 Å². The second-order valence-corrected chi connectivity index (χ2v) is 6.75. The number of benzene rings is 2. The molecule has 1 atom stereocenters. The summed E-state index contributed by atoms with van der Waals surface area (Å²) in [7, 11) is 3.08. The lowest BCUT2D eigenvalue weighted by Crippen LogP contribution is -2.46. The number of hydrogen-bond donors (Lipinski definition) is 1. The molecule has 0 bridgehead atoms. The first-order chi connectivity index (χ1) is 13.6. The topological polar surface area (TPSA) is 67.9 Å². The second kappa shape index (κ2) is 9.26. The van der Waals surface area contributed by atoms with Gasteiger partial charge >= 0.3 is 0 Å². The fourth-order valence-electron chi connectivity index (χ4n) is 3.50. The molecule has 6 heteroatoms. The highest BCUT2D eigenvalue weighted by atomic mass is 16.5. The number of amides is 2. The fourth-order valence-corrected chi connectivity index (χ4v) is 3.50. The molecule has 1 unspecified atom stereocenters. The van der Waals surface area contributed by atoms with Crippen molar-refractivity contribution >= 4 is 11.8 Å². The molecule has 0 saturated carbocycles. The minimum absolute atomic E-state index is 0.103. The average Bonchev–Trinajstić information content (AvgIpc) is 3.23. The number of rotatable bonds is 7. The Morgan fingerprint density at radius 3 is 2.61 bits per heavy atom. The van der Waals surface area contributed by atoms with Crippen molar-refractivity contribution in [2.45, 2.75) is 25.3 Å². The molecule has 3 rings (SSSR count). The molecule has 1 aliphatic heterocycles. The molecule has 2 aromatic rings. The van der Waals surface area contributed by atoms with Gasteiger partial charge in [-0.25, -0.2) is 0 Å². The fraction of sp³-hybridized carbons (Fsp3) is 0.364. The van der Waals surface area contributed by atoms with Crippen molar-refractivity contribution < 1.29 is 19.1 Å². The monoisotopic (exact) mass is 382 g/mol. The summed E-state index contributed by atoms with van der Waals surface area (Å²) >= 11 is 0. The van der Waals surface area contributed by atoms with Crippen molar-refractivity contribution in [3.05, 3.63) is 59.7 Å². The number of ether oxygens (including phenoxy) is 2. The van der Waals surface area contributed by atoms with Gasteiger partial charge in [-0.3, -0.25) is 9.59 Å². The third kappa shape index (κ3) is 4.44. The Bertz CT molecular complexity index is 823. The first-order valence-corrected chi connectivity index (χ1v) is 9.48. The van der Waals surface area contributed by atoms with E-state index in [0.717, 1.165) is 12.8 Å². The molecule has 1 saturated heterocycles. The van der Waals surface area contributed by atoms with E-state index in [4.69, 9.17) is 9.47 Å². The van der Waals surface area contributed by atoms with E-state index in [1.165, 1.54) is 12.7 Å². The van der Waals surface area contributed by atoms with E-state index in [9.17, 15) is 9.59 Å². The first-order valence-electron chi connectivity index (χ1n) is 9.48. The zero-order valence-electron chi connectivity index (χ0n) is 16.3. The van der Waals surface area contributed by atoms with Crippen LogP contribution in [0.1, 0.15) is 28.8 Å². The van der Waals surface area contributed by atoms with E-state index in [2.05, 4.69) is 5.32 Å². The highest BCUT2D eigenvalue weighted by Crippen LogP contribution is 2.28. The van der Waals surface area contributed by atoms with Crippen molar-refractivity contribution in [2.24, 2.45) is 0 Å². The van der Waals surface area contributed by atoms with Crippen LogP contribution in [0, 0.1) is 0 Å². The average molecular weight is 382 g/mol. The van der Waals surface area contributed by atoms with Gasteiger partial charge in [-0.05, 0) is 37.0 Å². The highest BCUT2D eigenvalue weighted by Gasteiger charge is 2.35. The van der Waals surface area contributed by atoms with Crippen LogP contribution in [0.4, 0.5) is 0 Å². The molecule has 0 aromatic heterocycles. The van der Waals surface area contributed by atoms with Gasteiger partial charge in [0.2, 0.25) is 5.91 Å². The van der Waals surface area contributed by atoms with E-state index in [0.29, 0.717) is 36.6 Å². The van der Waals surface area contributed by atoms with Crippen LogP contribution in [-0.4, -0.2) is 50.1 Å². The number of nitrogens with one attached hydrogen (secondary N) is 1. The van der Waals surface area contributed by atoms with Crippen molar-refractivity contribution in [2.75, 3.05) is 27.3 Å². The maximum Gasteiger partial charge on any atom is 0.258 e. The van der Waals surface area contributed by atoms with E-state index in [1.54, 1.807) is 30.2 Å². The van der Waals surface area contributed by atoms with Gasteiger partial charge < -0.3 is 19.7 Å². The Morgan fingerprint density at radius 2 is 1.89 bits per heavy atom. The summed E-state index contributed by atoms with van der Waals surface area (Å²) < 4.78 is 10.5. The van der Waals surface area contributed by atoms with Crippen LogP contribution < -0.4 is 14.8 Å². The number of methoxy groups -OCH3 is 2. The second-order valence-electron chi connectivity index (χ2n) is 6.75. The molecular formula is C22H26N2O4. The molecule has 1 heterocycles. The van der Waals surface area contributed by atoms with Crippen LogP contribution in [0.2, 0.25) is 0 Å². The molecule has 2 aromatic carbocycles. The molecule has 28 heavy (non-hydrogen) atoms. The lowest BCUT2D eigenvalue weighted by Gasteiger charge is -2.25. The standard InChI is InChI=1S/C22H26N2O4/c1-27-17-10-11-18(20(15-17)28-2)22(26)24-14-6-9-19(24)21(25)23-13-12-16-7-4-3-5-8-16/h3-5,7-8,10-11,15,19H,6,9,12-14H2,1-2H3,(H,23,25). The number of likely N-dealkylation sites (tertiary alicyclic amines) is 1. The Labute approximate surface area is 165 Å². The predicted octanol–water partition coefficient (Wildman–Crippen LogP) is 2.67. The molecule has 0 aliphatic carbocycles. The minimum atomic E-state index is -0.449. The number of carbonyl (C=O) groups is 2. The van der Waals surface area contributed by atoms with Crippen LogP contribution in [0.25, 0.3) is 0 Å². The van der Waals surface area contributed by atoms with Gasteiger partial charge in [0, 0.05) is 19.2 Å². The molecule has 0 spiro atoms. The molecule has 1 fully saturated rings. The van der Waals surface area contributed by atoms with Crippen LogP contribution in [0.3, 0.4) is 0 Å². The van der Waals surface area contributed by atoms with Gasteiger partial charge in [0.1, 0.15) is 17.5 Å². The molecule has 1 N–H and O–H groups in total. The van der Waals surface area contributed by atoms with Gasteiger partial charge in [-0.1, -0.05) is 30.3 Å². The SMILES string of the molecule is COc1ccc(C(=O)N2CCCC2C(=O)NCCc2ccccc2)c(OC)c1. The number of carbonyl (C=O) groups excluding carboxylic acids is 2. The lowest BCUT2D eigenvalue weighted by atomic mass is 10.1. The summed E-state index contributed by atoms with van der Waals surface area (Å²) in [6.07, 6.45) is 2.24. The zero-order chi connectivity index (χ0) is 19.9. The van der Waals surface area contributed by atoms with Crippen LogP contribution in [-0.2, 0) is 11.2 Å². The van der Waals surface area contributed by atoms with Gasteiger partial charge in [0.25, 0.3) is 5.91 Å². The normalized spacial score (nSPS) is 15.9. The lowest BCUT2D eigenvalue weighted by molar-refractivity contribution is -0.124. The van der Waals surface area contributed by atoms with E-state index in [1.807, 2.05) is 30.3 Å². The van der Waals surface area contributed by atoms with Crippen molar-refractivity contribution in [3.8, 4) is 11.5 Å². The van der Waals surface area contributed by atoms with Gasteiger partial charge in [0.05, 0.1) is 19.8 Å². The third-order valence-electron chi connectivity index (χ3n) is 5.01. The largest absolute Gasteiger partial charge is 0.497 e. The highest BCUT2D eigenvalue weighted by molar-refractivity contribution is 6.00. The van der Waals surface area contributed by atoms with Gasteiger partial charge in [0.15, 0.2) is 0 Å². The summed E-state index contributed by atoms with van der Waals surface area (Å²) in [5, 5.41) is 2.97. The predicted molar refractivity (Wildman–Crippen MR) is 107 cm³/mol. The van der Waals surface area contributed by atoms with Crippen LogP contribution >= 0.6 is 0 Å². The summed E-state index contributed by atoms with van der Waals surface area (Å²) in [6.45, 7) is 1.11. The van der Waals surface area contributed by atoms with Crippen molar-refractivity contribution in [1.29, 1.82) is 0 Å². The molecule has 148 valence electrons. The first kappa shape index (κ1) is 19.7. The summed E-state index contributed by atoms with van der Waals surface area (Å²) in [5.41, 5.74) is 1.61. The van der Waals surface area contributed by atoms with Gasteiger partial charge in [-0.2, -0.15) is 0 Å². The Hall–Kier alpha value is -3.02. The van der Waals surface area contributed by atoms with E-state index >= 15 is 0 Å². The molecule has 1 aliphatic rings. The van der Waals surface area contributed by atoms with Gasteiger partial charge in [-0.15, -0.1) is 0 Å². The van der Waals surface area contributed by atoms with Crippen molar-refractivity contribution in [1.82, 2.24) is 10.2 Å². The Morgan fingerprint density at radius 1 is 1.11 bits per heavy atom. The maximum atomic E-state index is 13.1. The third-order valence-corrected chi connectivity index (χ3v) is 5.01. The molecule has 0 radical (unpaired) electrons. The zero-order valence-corrected chi connectivity index (χ0v) is 16.3. The Kier molecular flexibility index (Phi) is 6.53. The summed E-state index contributed by atoms with van der Waals surface area (Å²) in [6, 6.07) is 14.6. The molecule has 6 nitrogen and oxygen atoms in total. The van der Waals surface area contributed by atoms with Crippen LogP contribution in [0.15, 0.2) is 48.5 Å². The summed E-state index contributed by atoms with van der Waals surface area (Å²) in [5.74, 6) is 0.763. The minimum Gasteiger partial charge on any atom is -0.497 e. The molecular weight excluding hydrogens is 356 g/mol. The quantitative estimate of drug-likeness (QED) is 0.799. The molecule has 2 amide bonds. The maximum absolute atomic E-state index is 13.1. The summed E-state index contributed by atoms with van der Waals surface area (Å²) in [4.78, 5) is 27.4. The van der Waals surface area contributed by atoms with Crippen molar-refractivity contribution in [3.63, 3.8) is 0 Å². The smallest absolute Gasteiger partial charge is 0.258 e. The number of hydrogen-bond acceptors (Lipinski definition) is 4. The van der Waals surface area contributed by atoms with E-state index in [-0.39, 0.29) is 11.8 Å². The number of nitrogens with zero attached hydrogens (tertiary/aromatic N) is 1. The van der Waals surface area contributed by atoms with E-state index < -0.39 is 6.04 Å².